The maximum atomic E-state index is 12.7. The van der Waals surface area contributed by atoms with Crippen molar-refractivity contribution in [3.05, 3.63) is 71.5 Å². The summed E-state index contributed by atoms with van der Waals surface area (Å²) in [5, 5.41) is 21.7. The summed E-state index contributed by atoms with van der Waals surface area (Å²) in [4.78, 5) is 12.7. The summed E-state index contributed by atoms with van der Waals surface area (Å²) in [5.74, 6) is 0.228. The van der Waals surface area contributed by atoms with E-state index in [0.29, 0.717) is 24.6 Å². The molecule has 0 saturated heterocycles. The van der Waals surface area contributed by atoms with Gasteiger partial charge in [-0.3, -0.25) is 4.79 Å². The maximum Gasteiger partial charge on any atom is 0.290 e. The lowest BCUT2D eigenvalue weighted by atomic mass is 9.90. The van der Waals surface area contributed by atoms with Gasteiger partial charge in [0.2, 0.25) is 6.29 Å². The van der Waals surface area contributed by atoms with Gasteiger partial charge in [0.15, 0.2) is 5.76 Å². The number of anilines is 1. The van der Waals surface area contributed by atoms with E-state index in [-0.39, 0.29) is 24.0 Å². The van der Waals surface area contributed by atoms with Gasteiger partial charge in [0, 0.05) is 6.42 Å². The summed E-state index contributed by atoms with van der Waals surface area (Å²) in [6.45, 7) is 4.53. The minimum Gasteiger partial charge on any atom is -0.506 e. The van der Waals surface area contributed by atoms with Gasteiger partial charge < -0.3 is 25.0 Å². The molecule has 1 amide bonds. The van der Waals surface area contributed by atoms with Crippen LogP contribution in [0.15, 0.2) is 60.4 Å². The van der Waals surface area contributed by atoms with Crippen molar-refractivity contribution in [3.63, 3.8) is 0 Å². The third kappa shape index (κ3) is 5.59. The Labute approximate surface area is 170 Å². The molecule has 0 saturated carbocycles. The van der Waals surface area contributed by atoms with E-state index in [4.69, 9.17) is 14.6 Å². The molecule has 6 heteroatoms. The Bertz CT molecular complexity index is 860. The molecule has 0 spiro atoms. The zero-order chi connectivity index (χ0) is 20.8. The molecule has 0 aliphatic carbocycles. The minimum atomic E-state index is -0.546. The Morgan fingerprint density at radius 2 is 1.86 bits per heavy atom. The first kappa shape index (κ1) is 20.9. The number of aromatic hydroxyl groups is 1. The SMILES string of the molecule is CC(C)[C@@H]1C=C(C(=O)Nc2ccccc2O)O[C@H](OCc2ccc(CO)cc2)C1. The van der Waals surface area contributed by atoms with E-state index < -0.39 is 12.2 Å². The summed E-state index contributed by atoms with van der Waals surface area (Å²) in [6.07, 6.45) is 1.94. The van der Waals surface area contributed by atoms with E-state index in [1.165, 1.54) is 6.07 Å². The highest BCUT2D eigenvalue weighted by molar-refractivity contribution is 6.03. The molecule has 3 rings (SSSR count). The van der Waals surface area contributed by atoms with Crippen molar-refractivity contribution < 1.29 is 24.5 Å². The highest BCUT2D eigenvalue weighted by atomic mass is 16.7. The fraction of sp³-hybridized carbons (Fsp3) is 0.348. The summed E-state index contributed by atoms with van der Waals surface area (Å²) in [6, 6.07) is 14.1. The van der Waals surface area contributed by atoms with Crippen LogP contribution in [0.5, 0.6) is 5.75 Å². The highest BCUT2D eigenvalue weighted by Crippen LogP contribution is 2.30. The van der Waals surface area contributed by atoms with Crippen molar-refractivity contribution >= 4 is 11.6 Å². The molecule has 2 atom stereocenters. The number of ether oxygens (including phenoxy) is 2. The standard InChI is InChI=1S/C23H27NO5/c1-15(2)18-11-21(23(27)24-19-5-3-4-6-20(19)26)29-22(12-18)28-14-17-9-7-16(13-25)8-10-17/h3-11,15,18,22,25-26H,12-14H2,1-2H3,(H,24,27)/t18-,22+/m1/s1. The number of benzene rings is 2. The molecule has 29 heavy (non-hydrogen) atoms. The molecule has 0 unspecified atom stereocenters. The van der Waals surface area contributed by atoms with Crippen LogP contribution in [0.2, 0.25) is 0 Å². The fourth-order valence-electron chi connectivity index (χ4n) is 3.10. The Kier molecular flexibility index (Phi) is 6.90. The Morgan fingerprint density at radius 1 is 1.17 bits per heavy atom. The molecule has 1 heterocycles. The largest absolute Gasteiger partial charge is 0.506 e. The summed E-state index contributed by atoms with van der Waals surface area (Å²) in [7, 11) is 0. The number of phenols is 1. The lowest BCUT2D eigenvalue weighted by Gasteiger charge is -2.31. The monoisotopic (exact) mass is 397 g/mol. The van der Waals surface area contributed by atoms with Crippen molar-refractivity contribution in [1.82, 2.24) is 0 Å². The second kappa shape index (κ2) is 9.58. The van der Waals surface area contributed by atoms with Crippen LogP contribution < -0.4 is 5.32 Å². The summed E-state index contributed by atoms with van der Waals surface area (Å²) < 4.78 is 11.7. The quantitative estimate of drug-likeness (QED) is 0.616. The van der Waals surface area contributed by atoms with E-state index >= 15 is 0 Å². The van der Waals surface area contributed by atoms with Gasteiger partial charge in [0.1, 0.15) is 5.75 Å². The number of carbonyl (C=O) groups excluding carboxylic acids is 1. The molecule has 6 nitrogen and oxygen atoms in total. The van der Waals surface area contributed by atoms with Crippen LogP contribution in [0.3, 0.4) is 0 Å². The molecule has 0 bridgehead atoms. The summed E-state index contributed by atoms with van der Waals surface area (Å²) >= 11 is 0. The molecule has 1 aliphatic heterocycles. The number of aliphatic hydroxyl groups excluding tert-OH is 1. The Morgan fingerprint density at radius 3 is 2.52 bits per heavy atom. The van der Waals surface area contributed by atoms with Crippen LogP contribution in [0.4, 0.5) is 5.69 Å². The number of hydrogen-bond acceptors (Lipinski definition) is 5. The molecule has 154 valence electrons. The van der Waals surface area contributed by atoms with Gasteiger partial charge >= 0.3 is 0 Å². The van der Waals surface area contributed by atoms with E-state index in [9.17, 15) is 9.90 Å². The van der Waals surface area contributed by atoms with Gasteiger partial charge in [-0.2, -0.15) is 0 Å². The lowest BCUT2D eigenvalue weighted by Crippen LogP contribution is -2.31. The first-order valence-electron chi connectivity index (χ1n) is 9.74. The van der Waals surface area contributed by atoms with Crippen molar-refractivity contribution in [2.75, 3.05) is 5.32 Å². The molecule has 1 aliphatic rings. The summed E-state index contributed by atoms with van der Waals surface area (Å²) in [5.41, 5.74) is 2.13. The van der Waals surface area contributed by atoms with Gasteiger partial charge in [-0.15, -0.1) is 0 Å². The highest BCUT2D eigenvalue weighted by Gasteiger charge is 2.29. The van der Waals surface area contributed by atoms with Crippen molar-refractivity contribution in [3.8, 4) is 5.75 Å². The third-order valence-electron chi connectivity index (χ3n) is 4.96. The second-order valence-electron chi connectivity index (χ2n) is 7.48. The van der Waals surface area contributed by atoms with Crippen molar-refractivity contribution in [1.29, 1.82) is 0 Å². The minimum absolute atomic E-state index is 0.00297. The van der Waals surface area contributed by atoms with Gasteiger partial charge in [-0.1, -0.05) is 50.2 Å². The maximum absolute atomic E-state index is 12.7. The van der Waals surface area contributed by atoms with Crippen LogP contribution in [0.25, 0.3) is 0 Å². The van der Waals surface area contributed by atoms with E-state index in [2.05, 4.69) is 19.2 Å². The zero-order valence-corrected chi connectivity index (χ0v) is 16.7. The number of allylic oxidation sites excluding steroid dienone is 1. The number of hydrogen-bond donors (Lipinski definition) is 3. The van der Waals surface area contributed by atoms with Crippen LogP contribution >= 0.6 is 0 Å². The van der Waals surface area contributed by atoms with E-state index in [1.54, 1.807) is 18.2 Å². The van der Waals surface area contributed by atoms with E-state index in [1.807, 2.05) is 30.3 Å². The Balaban J connectivity index is 1.66. The average Bonchev–Trinajstić information content (AvgIpc) is 2.74. The first-order valence-corrected chi connectivity index (χ1v) is 9.74. The van der Waals surface area contributed by atoms with Crippen LogP contribution in [-0.4, -0.2) is 22.4 Å². The first-order chi connectivity index (χ1) is 14.0. The number of para-hydroxylation sites is 2. The lowest BCUT2D eigenvalue weighted by molar-refractivity contribution is -0.152. The van der Waals surface area contributed by atoms with Crippen LogP contribution in [-0.2, 0) is 27.5 Å². The normalized spacial score (nSPS) is 18.8. The second-order valence-corrected chi connectivity index (χ2v) is 7.48. The number of amides is 1. The predicted molar refractivity (Wildman–Crippen MR) is 110 cm³/mol. The Hall–Kier alpha value is -2.83. The number of nitrogens with one attached hydrogen (secondary N) is 1. The molecular formula is C23H27NO5. The number of rotatable bonds is 7. The average molecular weight is 397 g/mol. The van der Waals surface area contributed by atoms with Crippen molar-refractivity contribution in [2.45, 2.75) is 39.8 Å². The smallest absolute Gasteiger partial charge is 0.290 e. The van der Waals surface area contributed by atoms with Gasteiger partial charge in [-0.05, 0) is 41.2 Å². The van der Waals surface area contributed by atoms with Gasteiger partial charge in [0.25, 0.3) is 5.91 Å². The van der Waals surface area contributed by atoms with Gasteiger partial charge in [0.05, 0.1) is 18.9 Å². The number of aliphatic hydroxyl groups is 1. The molecular weight excluding hydrogens is 370 g/mol. The van der Waals surface area contributed by atoms with Crippen molar-refractivity contribution in [2.24, 2.45) is 11.8 Å². The molecule has 0 radical (unpaired) electrons. The zero-order valence-electron chi connectivity index (χ0n) is 16.7. The third-order valence-corrected chi connectivity index (χ3v) is 4.96. The van der Waals surface area contributed by atoms with E-state index in [0.717, 1.165) is 11.1 Å². The number of carbonyl (C=O) groups is 1. The molecule has 3 N–H and O–H groups in total. The molecule has 0 fully saturated rings. The molecule has 2 aromatic carbocycles. The van der Waals surface area contributed by atoms with Crippen LogP contribution in [0, 0.1) is 11.8 Å². The predicted octanol–water partition coefficient (Wildman–Crippen LogP) is 3.94. The molecule has 0 aromatic heterocycles. The van der Waals surface area contributed by atoms with Crippen LogP contribution in [0.1, 0.15) is 31.4 Å². The molecule has 2 aromatic rings. The topological polar surface area (TPSA) is 88.0 Å². The number of phenolic OH excluding ortho intramolecular Hbond substituents is 1. The fourth-order valence-corrected chi connectivity index (χ4v) is 3.10. The van der Waals surface area contributed by atoms with Gasteiger partial charge in [-0.25, -0.2) is 0 Å².